The summed E-state index contributed by atoms with van der Waals surface area (Å²) < 4.78 is 39.7. The minimum atomic E-state index is -4.02. The van der Waals surface area contributed by atoms with E-state index in [1.165, 1.54) is 23.6 Å². The number of hydrogen-bond donors (Lipinski definition) is 1. The molecule has 0 bridgehead atoms. The van der Waals surface area contributed by atoms with E-state index in [2.05, 4.69) is 14.7 Å². The first kappa shape index (κ1) is 12.5. The zero-order chi connectivity index (χ0) is 13.5. The average Bonchev–Trinajstić information content (AvgIpc) is 2.89. The Kier molecular flexibility index (Phi) is 2.98. The molecule has 0 saturated heterocycles. The summed E-state index contributed by atoms with van der Waals surface area (Å²) in [4.78, 5) is 8.87. The van der Waals surface area contributed by atoms with Gasteiger partial charge in [0.1, 0.15) is 0 Å². The van der Waals surface area contributed by atoms with Crippen LogP contribution in [0.5, 0.6) is 0 Å². The normalized spacial score (nSPS) is 14.4. The molecule has 1 N–H and O–H groups in total. The minimum Gasteiger partial charge on any atom is -0.253 e. The number of nitrogens with zero attached hydrogens (tertiary/aromatic N) is 2. The highest BCUT2D eigenvalue weighted by atomic mass is 32.2. The molecular weight excluding hydrogens is 289 g/mol. The summed E-state index contributed by atoms with van der Waals surface area (Å²) in [6.45, 7) is 0. The van der Waals surface area contributed by atoms with Gasteiger partial charge in [-0.05, 0) is 31.4 Å². The molecule has 1 aliphatic carbocycles. The van der Waals surface area contributed by atoms with Gasteiger partial charge < -0.3 is 0 Å². The van der Waals surface area contributed by atoms with Crippen molar-refractivity contribution < 1.29 is 12.8 Å². The van der Waals surface area contributed by atoms with Gasteiger partial charge in [0.2, 0.25) is 5.03 Å². The van der Waals surface area contributed by atoms with E-state index >= 15 is 0 Å². The summed E-state index contributed by atoms with van der Waals surface area (Å²) in [6.07, 6.45) is 4.08. The van der Waals surface area contributed by atoms with Gasteiger partial charge >= 0.3 is 0 Å². The number of aromatic nitrogens is 2. The number of nitrogens with one attached hydrogen (secondary N) is 1. The molecule has 8 heteroatoms. The second-order valence-corrected chi connectivity index (χ2v) is 6.82. The largest absolute Gasteiger partial charge is 0.284 e. The number of halogens is 1. The van der Waals surface area contributed by atoms with E-state index in [1.807, 2.05) is 0 Å². The molecule has 0 atom stereocenters. The van der Waals surface area contributed by atoms with E-state index < -0.39 is 20.9 Å². The lowest BCUT2D eigenvalue weighted by Crippen LogP contribution is -2.16. The average molecular weight is 299 g/mol. The number of sulfonamides is 1. The standard InChI is InChI=1S/C11H10FN3O2S2/c12-7-3-2-6-13-10(7)19(16,17)15-11-14-8-4-1-5-9(8)18-11/h2-3,6H,1,4-5H2,(H,14,15). The smallest absolute Gasteiger partial charge is 0.253 e. The lowest BCUT2D eigenvalue weighted by atomic mass is 10.4. The van der Waals surface area contributed by atoms with Crippen LogP contribution < -0.4 is 4.72 Å². The highest BCUT2D eigenvalue weighted by Crippen LogP contribution is 2.31. The van der Waals surface area contributed by atoms with Gasteiger partial charge in [0.15, 0.2) is 10.9 Å². The number of anilines is 1. The highest BCUT2D eigenvalue weighted by Gasteiger charge is 2.24. The Bertz CT molecular complexity index is 706. The number of aryl methyl sites for hydroxylation is 2. The van der Waals surface area contributed by atoms with Crippen LogP contribution >= 0.6 is 11.3 Å². The van der Waals surface area contributed by atoms with Crippen LogP contribution in [-0.2, 0) is 22.9 Å². The quantitative estimate of drug-likeness (QED) is 0.940. The molecular formula is C11H10FN3O2S2. The maximum atomic E-state index is 13.5. The Balaban J connectivity index is 1.91. The van der Waals surface area contributed by atoms with Crippen molar-refractivity contribution in [3.63, 3.8) is 0 Å². The molecule has 0 aromatic carbocycles. The minimum absolute atomic E-state index is 0.273. The van der Waals surface area contributed by atoms with Crippen molar-refractivity contribution in [3.05, 3.63) is 34.7 Å². The molecule has 3 rings (SSSR count). The van der Waals surface area contributed by atoms with Crippen LogP contribution in [0, 0.1) is 5.82 Å². The van der Waals surface area contributed by atoms with Crippen molar-refractivity contribution in [3.8, 4) is 0 Å². The van der Waals surface area contributed by atoms with Gasteiger partial charge in [-0.2, -0.15) is 8.42 Å². The van der Waals surface area contributed by atoms with Gasteiger partial charge in [0.05, 0.1) is 5.69 Å². The van der Waals surface area contributed by atoms with Crippen LogP contribution in [0.1, 0.15) is 17.0 Å². The van der Waals surface area contributed by atoms with Crippen molar-refractivity contribution in [2.45, 2.75) is 24.3 Å². The van der Waals surface area contributed by atoms with Gasteiger partial charge in [0, 0.05) is 11.1 Å². The molecule has 0 radical (unpaired) electrons. The number of fused-ring (bicyclic) bond motifs is 1. The van der Waals surface area contributed by atoms with E-state index in [4.69, 9.17) is 0 Å². The number of thiazole rings is 1. The van der Waals surface area contributed by atoms with Gasteiger partial charge in [-0.1, -0.05) is 0 Å². The predicted octanol–water partition coefficient (Wildman–Crippen LogP) is 1.97. The zero-order valence-electron chi connectivity index (χ0n) is 9.76. The molecule has 0 unspecified atom stereocenters. The van der Waals surface area contributed by atoms with Gasteiger partial charge in [-0.15, -0.1) is 11.3 Å². The first-order chi connectivity index (χ1) is 9.06. The van der Waals surface area contributed by atoms with E-state index in [9.17, 15) is 12.8 Å². The van der Waals surface area contributed by atoms with E-state index in [1.54, 1.807) is 0 Å². The second-order valence-electron chi connectivity index (χ2n) is 4.14. The third-order valence-electron chi connectivity index (χ3n) is 2.80. The fourth-order valence-corrected chi connectivity index (χ4v) is 4.26. The molecule has 5 nitrogen and oxygen atoms in total. The monoisotopic (exact) mass is 299 g/mol. The van der Waals surface area contributed by atoms with Gasteiger partial charge in [0.25, 0.3) is 10.0 Å². The van der Waals surface area contributed by atoms with Gasteiger partial charge in [-0.3, -0.25) is 4.72 Å². The number of rotatable bonds is 3. The first-order valence-corrected chi connectivity index (χ1v) is 7.98. The van der Waals surface area contributed by atoms with E-state index in [0.29, 0.717) is 0 Å². The van der Waals surface area contributed by atoms with Crippen molar-refractivity contribution in [1.29, 1.82) is 0 Å². The lowest BCUT2D eigenvalue weighted by molar-refractivity contribution is 0.557. The Labute approximate surface area is 113 Å². The second kappa shape index (κ2) is 4.53. The van der Waals surface area contributed by atoms with Crippen molar-refractivity contribution >= 4 is 26.5 Å². The lowest BCUT2D eigenvalue weighted by Gasteiger charge is -2.04. The molecule has 19 heavy (non-hydrogen) atoms. The van der Waals surface area contributed by atoms with Crippen LogP contribution in [0.4, 0.5) is 9.52 Å². The Morgan fingerprint density at radius 3 is 2.95 bits per heavy atom. The zero-order valence-corrected chi connectivity index (χ0v) is 11.4. The van der Waals surface area contributed by atoms with Crippen molar-refractivity contribution in [2.75, 3.05) is 4.72 Å². The van der Waals surface area contributed by atoms with Crippen LogP contribution in [0.2, 0.25) is 0 Å². The molecule has 2 heterocycles. The number of hydrogen-bond acceptors (Lipinski definition) is 5. The molecule has 2 aromatic rings. The summed E-state index contributed by atoms with van der Waals surface area (Å²) in [7, 11) is -4.02. The topological polar surface area (TPSA) is 72.0 Å². The molecule has 0 saturated carbocycles. The Morgan fingerprint density at radius 2 is 2.21 bits per heavy atom. The van der Waals surface area contributed by atoms with E-state index in [-0.39, 0.29) is 5.13 Å². The van der Waals surface area contributed by atoms with Crippen LogP contribution in [-0.4, -0.2) is 18.4 Å². The summed E-state index contributed by atoms with van der Waals surface area (Å²) >= 11 is 1.30. The fourth-order valence-electron chi connectivity index (χ4n) is 1.97. The third kappa shape index (κ3) is 2.33. The molecule has 0 fully saturated rings. The maximum absolute atomic E-state index is 13.5. The molecule has 100 valence electrons. The SMILES string of the molecule is O=S(=O)(Nc1nc2c(s1)CCC2)c1ncccc1F. The molecule has 1 aliphatic rings. The highest BCUT2D eigenvalue weighted by molar-refractivity contribution is 7.92. The fraction of sp³-hybridized carbons (Fsp3) is 0.273. The molecule has 0 aliphatic heterocycles. The Morgan fingerprint density at radius 1 is 1.37 bits per heavy atom. The maximum Gasteiger partial charge on any atom is 0.284 e. The number of pyridine rings is 1. The predicted molar refractivity (Wildman–Crippen MR) is 69.1 cm³/mol. The van der Waals surface area contributed by atoms with Crippen LogP contribution in [0.15, 0.2) is 23.4 Å². The van der Waals surface area contributed by atoms with Crippen molar-refractivity contribution in [2.24, 2.45) is 0 Å². The summed E-state index contributed by atoms with van der Waals surface area (Å²) in [5, 5.41) is -0.333. The summed E-state index contributed by atoms with van der Waals surface area (Å²) in [6, 6.07) is 2.40. The Hall–Kier alpha value is -1.54. The summed E-state index contributed by atoms with van der Waals surface area (Å²) in [5.74, 6) is -0.876. The third-order valence-corrected chi connectivity index (χ3v) is 5.27. The van der Waals surface area contributed by atoms with Crippen LogP contribution in [0.3, 0.4) is 0 Å². The molecule has 0 amide bonds. The molecule has 2 aromatic heterocycles. The molecule has 0 spiro atoms. The van der Waals surface area contributed by atoms with Gasteiger partial charge in [-0.25, -0.2) is 14.4 Å². The summed E-state index contributed by atoms with van der Waals surface area (Å²) in [5.41, 5.74) is 0.934. The van der Waals surface area contributed by atoms with Crippen molar-refractivity contribution in [1.82, 2.24) is 9.97 Å². The van der Waals surface area contributed by atoms with E-state index in [0.717, 1.165) is 35.9 Å². The van der Waals surface area contributed by atoms with Crippen LogP contribution in [0.25, 0.3) is 0 Å². The first-order valence-electron chi connectivity index (χ1n) is 5.68.